The fraction of sp³-hybridized carbons (Fsp3) is 0.429. The summed E-state index contributed by atoms with van der Waals surface area (Å²) in [6, 6.07) is 4.84. The molecule has 0 heterocycles. The molecule has 0 unspecified atom stereocenters. The summed E-state index contributed by atoms with van der Waals surface area (Å²) >= 11 is 0. The first-order valence-corrected chi connectivity index (χ1v) is 8.66. The van der Waals surface area contributed by atoms with E-state index in [2.05, 4.69) is 10.0 Å². The maximum absolute atomic E-state index is 12.1. The van der Waals surface area contributed by atoms with Gasteiger partial charge in [-0.1, -0.05) is 11.6 Å². The minimum absolute atomic E-state index is 0.0567. The zero-order valence-corrected chi connectivity index (χ0v) is 13.4. The molecule has 22 heavy (non-hydrogen) atoms. The average molecular weight is 328 g/mol. The molecule has 1 aromatic carbocycles. The summed E-state index contributed by atoms with van der Waals surface area (Å²) in [6.07, 6.45) is 2.08. The number of unbranched alkanes of at least 4 members (excludes halogenated alkanes) is 1. The highest BCUT2D eigenvalue weighted by molar-refractivity contribution is 7.92. The number of sulfonamides is 1. The van der Waals surface area contributed by atoms with Crippen molar-refractivity contribution < 1.29 is 23.1 Å². The van der Waals surface area contributed by atoms with Crippen LogP contribution in [0.4, 0.5) is 5.69 Å². The third-order valence-electron chi connectivity index (χ3n) is 2.82. The predicted octanol–water partition coefficient (Wildman–Crippen LogP) is 1.35. The van der Waals surface area contributed by atoms with Gasteiger partial charge in [0.15, 0.2) is 0 Å². The van der Waals surface area contributed by atoms with E-state index in [1.54, 1.807) is 19.1 Å². The molecule has 0 radical (unpaired) electrons. The predicted molar refractivity (Wildman–Crippen MR) is 83.5 cm³/mol. The zero-order chi connectivity index (χ0) is 16.8. The van der Waals surface area contributed by atoms with Gasteiger partial charge in [0, 0.05) is 13.0 Å². The topological polar surface area (TPSA) is 113 Å². The number of carboxylic acid groups (broad SMARTS) is 1. The number of amides is 1. The lowest BCUT2D eigenvalue weighted by Gasteiger charge is -2.12. The molecule has 1 aromatic rings. The van der Waals surface area contributed by atoms with E-state index in [0.717, 1.165) is 11.8 Å². The second-order valence-electron chi connectivity index (χ2n) is 5.03. The van der Waals surface area contributed by atoms with Gasteiger partial charge in [0.1, 0.15) is 0 Å². The molecule has 3 N–H and O–H groups in total. The molecule has 0 saturated carbocycles. The van der Waals surface area contributed by atoms with Gasteiger partial charge in [0.2, 0.25) is 10.0 Å². The normalized spacial score (nSPS) is 11.0. The molecule has 7 nitrogen and oxygen atoms in total. The molecule has 122 valence electrons. The molecule has 0 aliphatic carbocycles. The minimum atomic E-state index is -3.48. The maximum Gasteiger partial charge on any atom is 0.303 e. The van der Waals surface area contributed by atoms with Crippen molar-refractivity contribution in [3.8, 4) is 0 Å². The van der Waals surface area contributed by atoms with Crippen LogP contribution in [0.3, 0.4) is 0 Å². The van der Waals surface area contributed by atoms with Crippen molar-refractivity contribution >= 4 is 27.6 Å². The fourth-order valence-electron chi connectivity index (χ4n) is 1.83. The quantitative estimate of drug-likeness (QED) is 0.624. The van der Waals surface area contributed by atoms with Crippen molar-refractivity contribution in [2.45, 2.75) is 26.2 Å². The summed E-state index contributed by atoms with van der Waals surface area (Å²) in [5.41, 5.74) is 1.29. The summed E-state index contributed by atoms with van der Waals surface area (Å²) in [6.45, 7) is 2.13. The van der Waals surface area contributed by atoms with E-state index in [4.69, 9.17) is 5.11 Å². The Hall–Kier alpha value is -2.09. The highest BCUT2D eigenvalue weighted by Gasteiger charge is 2.14. The van der Waals surface area contributed by atoms with Crippen LogP contribution in [0.15, 0.2) is 18.2 Å². The third kappa shape index (κ3) is 6.57. The summed E-state index contributed by atoms with van der Waals surface area (Å²) in [7, 11) is -3.48. The van der Waals surface area contributed by atoms with Crippen molar-refractivity contribution in [3.05, 3.63) is 29.3 Å². The molecule has 8 heteroatoms. The van der Waals surface area contributed by atoms with E-state index < -0.39 is 21.9 Å². The van der Waals surface area contributed by atoms with Gasteiger partial charge in [-0.3, -0.25) is 14.3 Å². The molecule has 0 aliphatic heterocycles. The molecule has 0 fully saturated rings. The number of hydrogen-bond donors (Lipinski definition) is 3. The number of carbonyl (C=O) groups is 2. The summed E-state index contributed by atoms with van der Waals surface area (Å²) in [4.78, 5) is 22.5. The lowest BCUT2D eigenvalue weighted by atomic mass is 10.1. The number of carbonyl (C=O) groups excluding carboxylic acids is 1. The Morgan fingerprint density at radius 2 is 1.91 bits per heavy atom. The van der Waals surface area contributed by atoms with Gasteiger partial charge in [0.05, 0.1) is 17.5 Å². The SMILES string of the molecule is Cc1ccc(NS(C)(=O)=O)c(C(=O)NCCCCC(=O)O)c1. The van der Waals surface area contributed by atoms with Gasteiger partial charge in [-0.25, -0.2) is 8.42 Å². The Bertz CT molecular complexity index is 655. The second kappa shape index (κ2) is 7.79. The number of rotatable bonds is 8. The molecule has 0 aliphatic rings. The lowest BCUT2D eigenvalue weighted by molar-refractivity contribution is -0.137. The summed E-state index contributed by atoms with van der Waals surface area (Å²) in [5, 5.41) is 11.2. The molecule has 0 atom stereocenters. The lowest BCUT2D eigenvalue weighted by Crippen LogP contribution is -2.26. The molecule has 0 spiro atoms. The van der Waals surface area contributed by atoms with E-state index in [-0.39, 0.29) is 17.7 Å². The Morgan fingerprint density at radius 3 is 2.50 bits per heavy atom. The van der Waals surface area contributed by atoms with Crippen LogP contribution < -0.4 is 10.0 Å². The Balaban J connectivity index is 2.71. The first-order valence-electron chi connectivity index (χ1n) is 6.77. The van der Waals surface area contributed by atoms with Crippen molar-refractivity contribution in [1.82, 2.24) is 5.32 Å². The van der Waals surface area contributed by atoms with Crippen LogP contribution in [0.5, 0.6) is 0 Å². The molecule has 0 saturated heterocycles. The zero-order valence-electron chi connectivity index (χ0n) is 12.5. The maximum atomic E-state index is 12.1. The van der Waals surface area contributed by atoms with Crippen molar-refractivity contribution in [2.24, 2.45) is 0 Å². The number of aryl methyl sites for hydroxylation is 1. The number of anilines is 1. The van der Waals surface area contributed by atoms with E-state index >= 15 is 0 Å². The molecular formula is C14H20N2O5S. The summed E-state index contributed by atoms with van der Waals surface area (Å²) < 4.78 is 25.0. The van der Waals surface area contributed by atoms with Crippen LogP contribution >= 0.6 is 0 Å². The van der Waals surface area contributed by atoms with Crippen LogP contribution in [0.1, 0.15) is 35.2 Å². The first kappa shape index (κ1) is 18.0. The molecule has 0 bridgehead atoms. The number of carboxylic acids is 1. The Kier molecular flexibility index (Phi) is 6.36. The van der Waals surface area contributed by atoms with E-state index in [0.29, 0.717) is 19.4 Å². The standard InChI is InChI=1S/C14H20N2O5S/c1-10-6-7-12(16-22(2,20)21)11(9-10)14(19)15-8-4-3-5-13(17)18/h6-7,9,16H,3-5,8H2,1-2H3,(H,15,19)(H,17,18). The average Bonchev–Trinajstić information content (AvgIpc) is 2.38. The van der Waals surface area contributed by atoms with Crippen LogP contribution in [0.25, 0.3) is 0 Å². The van der Waals surface area contributed by atoms with Crippen LogP contribution in [-0.2, 0) is 14.8 Å². The highest BCUT2D eigenvalue weighted by atomic mass is 32.2. The van der Waals surface area contributed by atoms with Crippen molar-refractivity contribution in [2.75, 3.05) is 17.5 Å². The largest absolute Gasteiger partial charge is 0.481 e. The molecular weight excluding hydrogens is 308 g/mol. The monoisotopic (exact) mass is 328 g/mol. The Morgan fingerprint density at radius 1 is 1.23 bits per heavy atom. The first-order chi connectivity index (χ1) is 10.2. The van der Waals surface area contributed by atoms with Gasteiger partial charge in [0.25, 0.3) is 5.91 Å². The van der Waals surface area contributed by atoms with Crippen LogP contribution in [0, 0.1) is 6.92 Å². The van der Waals surface area contributed by atoms with Crippen molar-refractivity contribution in [3.63, 3.8) is 0 Å². The van der Waals surface area contributed by atoms with Gasteiger partial charge in [-0.15, -0.1) is 0 Å². The molecule has 1 rings (SSSR count). The van der Waals surface area contributed by atoms with E-state index in [1.165, 1.54) is 6.07 Å². The number of hydrogen-bond acceptors (Lipinski definition) is 4. The minimum Gasteiger partial charge on any atom is -0.481 e. The van der Waals surface area contributed by atoms with Gasteiger partial charge >= 0.3 is 5.97 Å². The van der Waals surface area contributed by atoms with Crippen LogP contribution in [-0.4, -0.2) is 38.2 Å². The number of aliphatic carboxylic acids is 1. The third-order valence-corrected chi connectivity index (χ3v) is 3.41. The van der Waals surface area contributed by atoms with Gasteiger partial charge in [-0.2, -0.15) is 0 Å². The van der Waals surface area contributed by atoms with E-state index in [9.17, 15) is 18.0 Å². The van der Waals surface area contributed by atoms with Crippen LogP contribution in [0.2, 0.25) is 0 Å². The Labute approximate surface area is 129 Å². The molecule has 1 amide bonds. The highest BCUT2D eigenvalue weighted by Crippen LogP contribution is 2.18. The van der Waals surface area contributed by atoms with Gasteiger partial charge in [-0.05, 0) is 31.9 Å². The number of benzene rings is 1. The smallest absolute Gasteiger partial charge is 0.303 e. The summed E-state index contributed by atoms with van der Waals surface area (Å²) in [5.74, 6) is -1.27. The number of nitrogens with one attached hydrogen (secondary N) is 2. The van der Waals surface area contributed by atoms with Gasteiger partial charge < -0.3 is 10.4 Å². The van der Waals surface area contributed by atoms with E-state index in [1.807, 2.05) is 0 Å². The van der Waals surface area contributed by atoms with Crippen molar-refractivity contribution in [1.29, 1.82) is 0 Å². The second-order valence-corrected chi connectivity index (χ2v) is 6.78. The fourth-order valence-corrected chi connectivity index (χ4v) is 2.41. The molecule has 0 aromatic heterocycles.